The van der Waals surface area contributed by atoms with Crippen LogP contribution >= 0.6 is 0 Å². The van der Waals surface area contributed by atoms with E-state index in [0.717, 1.165) is 25.7 Å². The number of rotatable bonds is 13. The predicted molar refractivity (Wildman–Crippen MR) is 155 cm³/mol. The van der Waals surface area contributed by atoms with E-state index in [0.29, 0.717) is 12.0 Å². The van der Waals surface area contributed by atoms with E-state index in [2.05, 4.69) is 11.9 Å². The van der Waals surface area contributed by atoms with Crippen LogP contribution in [0.3, 0.4) is 0 Å². The van der Waals surface area contributed by atoms with Gasteiger partial charge in [-0.25, -0.2) is 14.2 Å². The molecule has 0 aliphatic carbocycles. The summed E-state index contributed by atoms with van der Waals surface area (Å²) in [5.41, 5.74) is -1.08. The number of imidazole rings is 1. The summed E-state index contributed by atoms with van der Waals surface area (Å²) in [4.78, 5) is 31.8. The predicted octanol–water partition coefficient (Wildman–Crippen LogP) is 8.03. The van der Waals surface area contributed by atoms with Gasteiger partial charge in [-0.15, -0.1) is 0 Å². The van der Waals surface area contributed by atoms with Crippen molar-refractivity contribution in [2.45, 2.75) is 72.8 Å². The van der Waals surface area contributed by atoms with Gasteiger partial charge in [-0.3, -0.25) is 4.79 Å². The zero-order chi connectivity index (χ0) is 29.2. The molecule has 0 amide bonds. The molecule has 0 N–H and O–H groups in total. The van der Waals surface area contributed by atoms with Crippen LogP contribution in [0.15, 0.2) is 79.4 Å². The Labute approximate surface area is 237 Å². The van der Waals surface area contributed by atoms with Crippen molar-refractivity contribution in [1.29, 1.82) is 0 Å². The van der Waals surface area contributed by atoms with Crippen molar-refractivity contribution in [2.24, 2.45) is 10.8 Å². The summed E-state index contributed by atoms with van der Waals surface area (Å²) in [5, 5.41) is 0. The first-order valence-electron chi connectivity index (χ1n) is 14.0. The second-order valence-electron chi connectivity index (χ2n) is 11.0. The molecule has 1 aromatic heterocycles. The van der Waals surface area contributed by atoms with Crippen LogP contribution in [-0.4, -0.2) is 28.1 Å². The number of nitrogens with zero attached hydrogens (tertiary/aromatic N) is 2. The summed E-state index contributed by atoms with van der Waals surface area (Å²) in [5.74, 6) is -1.26. The summed E-state index contributed by atoms with van der Waals surface area (Å²) in [7, 11) is 0. The highest BCUT2D eigenvalue weighted by Crippen LogP contribution is 2.53. The van der Waals surface area contributed by atoms with E-state index in [1.54, 1.807) is 25.5 Å². The van der Waals surface area contributed by atoms with Crippen molar-refractivity contribution < 1.29 is 23.5 Å². The largest absolute Gasteiger partial charge is 0.465 e. The first-order chi connectivity index (χ1) is 19.1. The van der Waals surface area contributed by atoms with Crippen LogP contribution in [0.1, 0.15) is 88.7 Å². The minimum Gasteiger partial charge on any atom is -0.465 e. The molecule has 3 aromatic rings. The van der Waals surface area contributed by atoms with Crippen molar-refractivity contribution in [2.75, 3.05) is 6.61 Å². The molecule has 40 heavy (non-hydrogen) atoms. The van der Waals surface area contributed by atoms with Gasteiger partial charge in [0, 0.05) is 18.0 Å². The van der Waals surface area contributed by atoms with Crippen molar-refractivity contribution >= 4 is 17.7 Å². The van der Waals surface area contributed by atoms with Gasteiger partial charge >= 0.3 is 11.9 Å². The number of aromatic nitrogens is 2. The Morgan fingerprint density at radius 2 is 1.68 bits per heavy atom. The molecule has 7 heteroatoms. The van der Waals surface area contributed by atoms with E-state index in [4.69, 9.17) is 9.47 Å². The van der Waals surface area contributed by atoms with Crippen molar-refractivity contribution in [3.63, 3.8) is 0 Å². The normalized spacial score (nSPS) is 14.3. The van der Waals surface area contributed by atoms with Gasteiger partial charge in [-0.2, -0.15) is 0 Å². The number of hydrogen-bond donors (Lipinski definition) is 0. The molecule has 3 rings (SSSR count). The summed E-state index contributed by atoms with van der Waals surface area (Å²) in [6.07, 6.45) is 11.9. The number of halogens is 1. The minimum atomic E-state index is -1.25. The van der Waals surface area contributed by atoms with E-state index in [9.17, 15) is 14.0 Å². The van der Waals surface area contributed by atoms with Gasteiger partial charge in [0.1, 0.15) is 17.0 Å². The van der Waals surface area contributed by atoms with E-state index in [1.165, 1.54) is 24.3 Å². The molecule has 0 fully saturated rings. The Morgan fingerprint density at radius 3 is 2.25 bits per heavy atom. The lowest BCUT2D eigenvalue weighted by atomic mass is 9.60. The summed E-state index contributed by atoms with van der Waals surface area (Å²) < 4.78 is 27.3. The molecule has 0 aliphatic rings. The molecule has 0 saturated heterocycles. The average Bonchev–Trinajstić information content (AvgIpc) is 3.46. The van der Waals surface area contributed by atoms with Crippen molar-refractivity contribution in [3.05, 3.63) is 96.3 Å². The highest BCUT2D eigenvalue weighted by Gasteiger charge is 2.55. The van der Waals surface area contributed by atoms with Gasteiger partial charge in [-0.05, 0) is 49.1 Å². The number of esters is 2. The second kappa shape index (κ2) is 14.1. The van der Waals surface area contributed by atoms with Crippen molar-refractivity contribution in [3.8, 4) is 0 Å². The third-order valence-corrected chi connectivity index (χ3v) is 7.30. The lowest BCUT2D eigenvalue weighted by molar-refractivity contribution is -0.162. The summed E-state index contributed by atoms with van der Waals surface area (Å²) in [6, 6.07) is 14.0. The summed E-state index contributed by atoms with van der Waals surface area (Å²) in [6.45, 7) is 10.2. The van der Waals surface area contributed by atoms with Gasteiger partial charge in [0.15, 0.2) is 0 Å². The van der Waals surface area contributed by atoms with Gasteiger partial charge < -0.3 is 14.0 Å². The SMILES string of the molecule is CCCCCCC(n1ccnc1)C(C=C(OC(=O)c1ccc(F)cc1)c1ccccc1)(C(=O)OCC)C(C)(C)C. The van der Waals surface area contributed by atoms with Crippen LogP contribution in [0.4, 0.5) is 4.39 Å². The first-order valence-corrected chi connectivity index (χ1v) is 14.0. The van der Waals surface area contributed by atoms with Crippen molar-refractivity contribution in [1.82, 2.24) is 9.55 Å². The maximum Gasteiger partial charge on any atom is 0.343 e. The topological polar surface area (TPSA) is 70.4 Å². The summed E-state index contributed by atoms with van der Waals surface area (Å²) >= 11 is 0. The quantitative estimate of drug-likeness (QED) is 0.123. The Kier molecular flexibility index (Phi) is 10.8. The van der Waals surface area contributed by atoms with E-state index in [1.807, 2.05) is 61.9 Å². The van der Waals surface area contributed by atoms with Crippen LogP contribution in [-0.2, 0) is 14.3 Å². The number of hydrogen-bond acceptors (Lipinski definition) is 5. The molecule has 0 radical (unpaired) electrons. The fraction of sp³-hybridized carbons (Fsp3) is 0.424. The van der Waals surface area contributed by atoms with Crippen LogP contribution in [0.5, 0.6) is 0 Å². The van der Waals surface area contributed by atoms with Crippen LogP contribution in [0.25, 0.3) is 5.76 Å². The molecule has 214 valence electrons. The number of carbonyl (C=O) groups excluding carboxylic acids is 2. The lowest BCUT2D eigenvalue weighted by Crippen LogP contribution is -2.49. The third-order valence-electron chi connectivity index (χ3n) is 7.30. The Bertz CT molecular complexity index is 1250. The van der Waals surface area contributed by atoms with Crippen LogP contribution in [0, 0.1) is 16.6 Å². The zero-order valence-corrected chi connectivity index (χ0v) is 24.2. The zero-order valence-electron chi connectivity index (χ0n) is 24.2. The fourth-order valence-electron chi connectivity index (χ4n) is 5.12. The number of unbranched alkanes of at least 4 members (excludes halogenated alkanes) is 3. The van der Waals surface area contributed by atoms with Crippen LogP contribution < -0.4 is 0 Å². The van der Waals surface area contributed by atoms with Gasteiger partial charge in [0.05, 0.1) is 24.5 Å². The molecule has 0 saturated carbocycles. The lowest BCUT2D eigenvalue weighted by Gasteiger charge is -2.46. The number of carbonyl (C=O) groups is 2. The third kappa shape index (κ3) is 7.26. The average molecular weight is 549 g/mol. The molecule has 6 nitrogen and oxygen atoms in total. The highest BCUT2D eigenvalue weighted by molar-refractivity contribution is 5.94. The second-order valence-corrected chi connectivity index (χ2v) is 11.0. The number of ether oxygens (including phenoxy) is 2. The Hall–Kier alpha value is -3.74. The molecular formula is C33H41FN2O4. The standard InChI is InChI=1S/C33H41FN2O4/c1-6-8-9-13-16-29(36-22-21-35-24-36)33(32(3,4)5,31(38)39-7-2)23-28(25-14-11-10-12-15-25)40-30(37)26-17-19-27(34)20-18-26/h10-12,14-15,17-24,29H,6-9,13,16H2,1-5H3. The molecular weight excluding hydrogens is 507 g/mol. The molecule has 2 unspecified atom stereocenters. The first kappa shape index (κ1) is 30.8. The van der Waals surface area contributed by atoms with Gasteiger partial charge in [-0.1, -0.05) is 83.7 Å². The monoisotopic (exact) mass is 548 g/mol. The van der Waals surface area contributed by atoms with E-state index < -0.39 is 28.6 Å². The molecule has 1 heterocycles. The van der Waals surface area contributed by atoms with Gasteiger partial charge in [0.2, 0.25) is 0 Å². The Balaban J connectivity index is 2.25. The number of benzene rings is 2. The van der Waals surface area contributed by atoms with Gasteiger partial charge in [0.25, 0.3) is 0 Å². The maximum atomic E-state index is 14.2. The van der Waals surface area contributed by atoms with E-state index >= 15 is 0 Å². The maximum absolute atomic E-state index is 14.2. The smallest absolute Gasteiger partial charge is 0.343 e. The minimum absolute atomic E-state index is 0.200. The molecule has 0 aliphatic heterocycles. The fourth-order valence-corrected chi connectivity index (χ4v) is 5.12. The molecule has 0 spiro atoms. The highest BCUT2D eigenvalue weighted by atomic mass is 19.1. The van der Waals surface area contributed by atoms with Crippen LogP contribution in [0.2, 0.25) is 0 Å². The molecule has 0 bridgehead atoms. The molecule has 2 atom stereocenters. The Morgan fingerprint density at radius 1 is 0.975 bits per heavy atom. The molecule has 2 aromatic carbocycles. The van der Waals surface area contributed by atoms with E-state index in [-0.39, 0.29) is 24.0 Å².